The molecule has 1 aromatic carbocycles. The van der Waals surface area contributed by atoms with Gasteiger partial charge >= 0.3 is 6.01 Å². The molecule has 0 atom stereocenters. The van der Waals surface area contributed by atoms with Crippen molar-refractivity contribution < 1.29 is 9.47 Å². The van der Waals surface area contributed by atoms with Crippen LogP contribution in [0.3, 0.4) is 0 Å². The third kappa shape index (κ3) is 4.93. The van der Waals surface area contributed by atoms with Gasteiger partial charge in [-0.1, -0.05) is 18.2 Å². The molecule has 0 aliphatic carbocycles. The Hall–Kier alpha value is -2.14. The number of rotatable bonds is 6. The molecule has 1 saturated heterocycles. The van der Waals surface area contributed by atoms with Crippen LogP contribution in [-0.4, -0.2) is 47.2 Å². The van der Waals surface area contributed by atoms with Crippen molar-refractivity contribution in [3.63, 3.8) is 0 Å². The fourth-order valence-corrected chi connectivity index (χ4v) is 2.65. The molecule has 0 radical (unpaired) electrons. The Bertz CT molecular complexity index is 581. The average molecular weight is 313 g/mol. The highest BCUT2D eigenvalue weighted by Gasteiger charge is 2.21. The van der Waals surface area contributed by atoms with Gasteiger partial charge in [0, 0.05) is 32.0 Å². The van der Waals surface area contributed by atoms with Crippen LogP contribution in [0.4, 0.5) is 0 Å². The highest BCUT2D eigenvalue weighted by Crippen LogP contribution is 2.16. The SMILES string of the molecule is Cc1cnc(OC2CCN(CCOc3ccccc3)CC2)nc1. The number of para-hydroxylation sites is 1. The van der Waals surface area contributed by atoms with Crippen LogP contribution in [-0.2, 0) is 0 Å². The standard InChI is InChI=1S/C18H23N3O2/c1-15-13-19-18(20-14-15)23-17-7-9-21(10-8-17)11-12-22-16-5-3-2-4-6-16/h2-6,13-14,17H,7-12H2,1H3. The molecule has 0 amide bonds. The molecule has 3 rings (SSSR count). The molecule has 0 unspecified atom stereocenters. The summed E-state index contributed by atoms with van der Waals surface area (Å²) in [6.45, 7) is 5.68. The van der Waals surface area contributed by atoms with E-state index in [9.17, 15) is 0 Å². The summed E-state index contributed by atoms with van der Waals surface area (Å²) in [5.74, 6) is 0.933. The predicted molar refractivity (Wildman–Crippen MR) is 88.8 cm³/mol. The summed E-state index contributed by atoms with van der Waals surface area (Å²) in [5, 5.41) is 0. The van der Waals surface area contributed by atoms with Gasteiger partial charge in [-0.05, 0) is 37.5 Å². The molecule has 0 saturated carbocycles. The van der Waals surface area contributed by atoms with Gasteiger partial charge in [0.05, 0.1) is 0 Å². The number of ether oxygens (including phenoxy) is 2. The molecule has 1 aromatic heterocycles. The average Bonchev–Trinajstić information content (AvgIpc) is 2.59. The molecule has 2 heterocycles. The van der Waals surface area contributed by atoms with Crippen molar-refractivity contribution in [2.45, 2.75) is 25.9 Å². The maximum absolute atomic E-state index is 5.85. The number of hydrogen-bond donors (Lipinski definition) is 0. The first-order chi connectivity index (χ1) is 11.3. The third-order valence-corrected chi connectivity index (χ3v) is 3.98. The van der Waals surface area contributed by atoms with Gasteiger partial charge in [-0.25, -0.2) is 9.97 Å². The summed E-state index contributed by atoms with van der Waals surface area (Å²) in [6, 6.07) is 10.4. The van der Waals surface area contributed by atoms with E-state index in [1.807, 2.05) is 37.3 Å². The molecule has 2 aromatic rings. The van der Waals surface area contributed by atoms with E-state index in [0.29, 0.717) is 6.01 Å². The van der Waals surface area contributed by atoms with E-state index < -0.39 is 0 Å². The largest absolute Gasteiger partial charge is 0.492 e. The van der Waals surface area contributed by atoms with E-state index in [4.69, 9.17) is 9.47 Å². The second-order valence-electron chi connectivity index (χ2n) is 5.86. The van der Waals surface area contributed by atoms with E-state index in [-0.39, 0.29) is 6.10 Å². The van der Waals surface area contributed by atoms with Gasteiger partial charge < -0.3 is 9.47 Å². The Balaban J connectivity index is 1.36. The number of likely N-dealkylation sites (tertiary alicyclic amines) is 1. The second-order valence-corrected chi connectivity index (χ2v) is 5.86. The van der Waals surface area contributed by atoms with Gasteiger partial charge in [-0.15, -0.1) is 0 Å². The van der Waals surface area contributed by atoms with Crippen LogP contribution in [0.15, 0.2) is 42.7 Å². The Morgan fingerprint density at radius 2 is 1.78 bits per heavy atom. The van der Waals surface area contributed by atoms with E-state index in [1.165, 1.54) is 0 Å². The molecule has 0 spiro atoms. The van der Waals surface area contributed by atoms with Crippen LogP contribution < -0.4 is 9.47 Å². The first-order valence-electron chi connectivity index (χ1n) is 8.15. The van der Waals surface area contributed by atoms with Crippen LogP contribution in [0.2, 0.25) is 0 Å². The van der Waals surface area contributed by atoms with Gasteiger partial charge in [0.2, 0.25) is 0 Å². The zero-order chi connectivity index (χ0) is 15.9. The zero-order valence-corrected chi connectivity index (χ0v) is 13.5. The lowest BCUT2D eigenvalue weighted by atomic mass is 10.1. The smallest absolute Gasteiger partial charge is 0.316 e. The van der Waals surface area contributed by atoms with Crippen molar-refractivity contribution in [2.75, 3.05) is 26.2 Å². The van der Waals surface area contributed by atoms with E-state index in [2.05, 4.69) is 14.9 Å². The Morgan fingerprint density at radius 3 is 2.48 bits per heavy atom. The Morgan fingerprint density at radius 1 is 1.09 bits per heavy atom. The first kappa shape index (κ1) is 15.7. The van der Waals surface area contributed by atoms with Crippen LogP contribution in [0, 0.1) is 6.92 Å². The van der Waals surface area contributed by atoms with Crippen molar-refractivity contribution in [1.82, 2.24) is 14.9 Å². The van der Waals surface area contributed by atoms with E-state index in [1.54, 1.807) is 12.4 Å². The summed E-state index contributed by atoms with van der Waals surface area (Å²) < 4.78 is 11.6. The first-order valence-corrected chi connectivity index (χ1v) is 8.15. The molecular formula is C18H23N3O2. The summed E-state index contributed by atoms with van der Waals surface area (Å²) in [4.78, 5) is 10.8. The lowest BCUT2D eigenvalue weighted by Gasteiger charge is -2.31. The third-order valence-electron chi connectivity index (χ3n) is 3.98. The lowest BCUT2D eigenvalue weighted by molar-refractivity contribution is 0.0847. The molecular weight excluding hydrogens is 290 g/mol. The highest BCUT2D eigenvalue weighted by molar-refractivity contribution is 5.20. The summed E-state index contributed by atoms with van der Waals surface area (Å²) in [7, 11) is 0. The number of aromatic nitrogens is 2. The van der Waals surface area contributed by atoms with Crippen LogP contribution in [0.25, 0.3) is 0 Å². The van der Waals surface area contributed by atoms with Gasteiger partial charge in [0.1, 0.15) is 18.5 Å². The summed E-state index contributed by atoms with van der Waals surface area (Å²) in [5.41, 5.74) is 1.05. The molecule has 0 bridgehead atoms. The number of aryl methyl sites for hydroxylation is 1. The molecule has 1 aliphatic heterocycles. The molecule has 1 fully saturated rings. The van der Waals surface area contributed by atoms with Crippen molar-refractivity contribution in [3.8, 4) is 11.8 Å². The zero-order valence-electron chi connectivity index (χ0n) is 13.5. The van der Waals surface area contributed by atoms with Gasteiger partial charge in [0.25, 0.3) is 0 Å². The predicted octanol–water partition coefficient (Wildman–Crippen LogP) is 2.71. The minimum Gasteiger partial charge on any atom is -0.492 e. The minimum atomic E-state index is 0.212. The van der Waals surface area contributed by atoms with Gasteiger partial charge in [0.15, 0.2) is 0 Å². The maximum atomic E-state index is 5.85. The Kier molecular flexibility index (Phi) is 5.42. The molecule has 5 heteroatoms. The highest BCUT2D eigenvalue weighted by atomic mass is 16.5. The van der Waals surface area contributed by atoms with Crippen LogP contribution in [0.1, 0.15) is 18.4 Å². The number of hydrogen-bond acceptors (Lipinski definition) is 5. The molecule has 122 valence electrons. The quantitative estimate of drug-likeness (QED) is 0.820. The fourth-order valence-electron chi connectivity index (χ4n) is 2.65. The summed E-state index contributed by atoms with van der Waals surface area (Å²) >= 11 is 0. The van der Waals surface area contributed by atoms with Crippen molar-refractivity contribution in [3.05, 3.63) is 48.3 Å². The van der Waals surface area contributed by atoms with Crippen LogP contribution >= 0.6 is 0 Å². The number of piperidine rings is 1. The van der Waals surface area contributed by atoms with Crippen molar-refractivity contribution in [1.29, 1.82) is 0 Å². The van der Waals surface area contributed by atoms with Crippen LogP contribution in [0.5, 0.6) is 11.8 Å². The fraction of sp³-hybridized carbons (Fsp3) is 0.444. The lowest BCUT2D eigenvalue weighted by Crippen LogP contribution is -2.40. The second kappa shape index (κ2) is 7.92. The minimum absolute atomic E-state index is 0.212. The summed E-state index contributed by atoms with van der Waals surface area (Å²) in [6.07, 6.45) is 5.80. The normalized spacial score (nSPS) is 16.2. The number of benzene rings is 1. The Labute approximate surface area is 137 Å². The van der Waals surface area contributed by atoms with E-state index in [0.717, 1.165) is 50.4 Å². The van der Waals surface area contributed by atoms with Crippen molar-refractivity contribution in [2.24, 2.45) is 0 Å². The molecule has 5 nitrogen and oxygen atoms in total. The van der Waals surface area contributed by atoms with Gasteiger partial charge in [-0.3, -0.25) is 4.90 Å². The van der Waals surface area contributed by atoms with Crippen molar-refractivity contribution >= 4 is 0 Å². The molecule has 23 heavy (non-hydrogen) atoms. The van der Waals surface area contributed by atoms with Gasteiger partial charge in [-0.2, -0.15) is 0 Å². The molecule has 0 N–H and O–H groups in total. The number of nitrogens with zero attached hydrogens (tertiary/aromatic N) is 3. The monoisotopic (exact) mass is 313 g/mol. The maximum Gasteiger partial charge on any atom is 0.316 e. The van der Waals surface area contributed by atoms with E-state index >= 15 is 0 Å². The molecule has 1 aliphatic rings. The topological polar surface area (TPSA) is 47.5 Å².